The number of carbonyl (C=O) groups excluding carboxylic acids is 1. The lowest BCUT2D eigenvalue weighted by molar-refractivity contribution is -0.119. The molecule has 194 valence electrons. The fraction of sp³-hybridized carbons (Fsp3) is 0.700. The Bertz CT molecular complexity index is 876. The van der Waals surface area contributed by atoms with Gasteiger partial charge in [-0.25, -0.2) is 0 Å². The molecule has 0 bridgehead atoms. The minimum atomic E-state index is 0.350. The number of ketones is 1. The van der Waals surface area contributed by atoms with Crippen LogP contribution in [0.1, 0.15) is 77.7 Å². The Balaban J connectivity index is 1.57. The third kappa shape index (κ3) is 6.11. The average molecular weight is 482 g/mol. The third-order valence-corrected chi connectivity index (χ3v) is 9.18. The van der Waals surface area contributed by atoms with E-state index in [-0.39, 0.29) is 0 Å². The molecule has 35 heavy (non-hydrogen) atoms. The van der Waals surface area contributed by atoms with Crippen LogP contribution >= 0.6 is 0 Å². The topological polar surface area (TPSA) is 36.0 Å². The molecule has 0 amide bonds. The van der Waals surface area contributed by atoms with Crippen LogP contribution in [0.5, 0.6) is 0 Å². The van der Waals surface area contributed by atoms with Crippen molar-refractivity contribution in [2.45, 2.75) is 78.2 Å². The third-order valence-electron chi connectivity index (χ3n) is 9.18. The zero-order valence-corrected chi connectivity index (χ0v) is 22.7. The molecule has 3 aliphatic rings. The summed E-state index contributed by atoms with van der Waals surface area (Å²) in [6, 6.07) is 7.19. The van der Waals surface area contributed by atoms with E-state index >= 15 is 0 Å². The van der Waals surface area contributed by atoms with Crippen LogP contribution in [0, 0.1) is 5.41 Å². The first kappa shape index (κ1) is 26.2. The van der Waals surface area contributed by atoms with Crippen molar-refractivity contribution in [1.29, 1.82) is 0 Å². The Labute approximate surface area is 213 Å². The van der Waals surface area contributed by atoms with Gasteiger partial charge in [0.05, 0.1) is 12.6 Å². The second kappa shape index (κ2) is 11.9. The van der Waals surface area contributed by atoms with Crippen molar-refractivity contribution < 1.29 is 9.53 Å². The molecule has 0 aromatic heterocycles. The molecule has 0 saturated carbocycles. The van der Waals surface area contributed by atoms with E-state index in [1.807, 2.05) is 14.0 Å². The number of nitrogens with zero attached hydrogens (tertiary/aromatic N) is 3. The Morgan fingerprint density at radius 1 is 1.00 bits per heavy atom. The lowest BCUT2D eigenvalue weighted by Crippen LogP contribution is -2.48. The highest BCUT2D eigenvalue weighted by Crippen LogP contribution is 2.45. The van der Waals surface area contributed by atoms with Gasteiger partial charge in [0.15, 0.2) is 0 Å². The quantitative estimate of drug-likeness (QED) is 0.447. The molecule has 1 aromatic carbocycles. The molecule has 0 atom stereocenters. The number of methoxy groups -OCH3 is 1. The summed E-state index contributed by atoms with van der Waals surface area (Å²) in [5.41, 5.74) is 6.20. The van der Waals surface area contributed by atoms with E-state index in [2.05, 4.69) is 52.8 Å². The van der Waals surface area contributed by atoms with Crippen molar-refractivity contribution in [3.8, 4) is 0 Å². The number of hydrogen-bond acceptors (Lipinski definition) is 5. The molecule has 2 aliphatic heterocycles. The lowest BCUT2D eigenvalue weighted by Gasteiger charge is -2.39. The number of ether oxygens (including phenoxy) is 1. The molecule has 2 fully saturated rings. The number of piperidine rings is 1. The second-order valence-electron chi connectivity index (χ2n) is 10.9. The van der Waals surface area contributed by atoms with Gasteiger partial charge in [-0.05, 0) is 61.3 Å². The Morgan fingerprint density at radius 3 is 2.29 bits per heavy atom. The van der Waals surface area contributed by atoms with E-state index in [0.29, 0.717) is 30.3 Å². The maximum absolute atomic E-state index is 11.9. The molecular formula is C30H47N3O2. The summed E-state index contributed by atoms with van der Waals surface area (Å²) in [4.78, 5) is 19.4. The Hall–Kier alpha value is -1.85. The number of carbonyl (C=O) groups is 1. The van der Waals surface area contributed by atoms with Crippen molar-refractivity contribution in [2.24, 2.45) is 5.41 Å². The number of piperazine rings is 1. The number of Topliss-reactive ketones (excluding diaryl/α,β-unsaturated/α-hetero) is 1. The van der Waals surface area contributed by atoms with E-state index in [1.165, 1.54) is 54.6 Å². The molecule has 0 spiro atoms. The summed E-state index contributed by atoms with van der Waals surface area (Å²) < 4.78 is 5.61. The van der Waals surface area contributed by atoms with Crippen molar-refractivity contribution in [3.63, 3.8) is 0 Å². The van der Waals surface area contributed by atoms with Crippen molar-refractivity contribution >= 4 is 22.7 Å². The fourth-order valence-corrected chi connectivity index (χ4v) is 6.19. The normalized spacial score (nSPS) is 21.8. The Kier molecular flexibility index (Phi) is 8.93. The van der Waals surface area contributed by atoms with E-state index in [4.69, 9.17) is 4.74 Å². The molecule has 1 aliphatic carbocycles. The summed E-state index contributed by atoms with van der Waals surface area (Å²) in [6.07, 6.45) is 12.0. The van der Waals surface area contributed by atoms with Crippen LogP contribution in [0.4, 0.5) is 11.4 Å². The second-order valence-corrected chi connectivity index (χ2v) is 10.9. The van der Waals surface area contributed by atoms with Gasteiger partial charge in [-0.15, -0.1) is 0 Å². The molecule has 2 heterocycles. The molecule has 2 saturated heterocycles. The Morgan fingerprint density at radius 2 is 1.71 bits per heavy atom. The lowest BCUT2D eigenvalue weighted by atomic mass is 9.70. The van der Waals surface area contributed by atoms with Gasteiger partial charge >= 0.3 is 0 Å². The van der Waals surface area contributed by atoms with Crippen LogP contribution in [-0.2, 0) is 9.53 Å². The van der Waals surface area contributed by atoms with Gasteiger partial charge in [-0.1, -0.05) is 39.7 Å². The largest absolute Gasteiger partial charge is 0.381 e. The van der Waals surface area contributed by atoms with Crippen LogP contribution in [0.15, 0.2) is 24.3 Å². The predicted molar refractivity (Wildman–Crippen MR) is 147 cm³/mol. The van der Waals surface area contributed by atoms with E-state index in [1.54, 1.807) is 0 Å². The van der Waals surface area contributed by atoms with E-state index < -0.39 is 0 Å². The highest BCUT2D eigenvalue weighted by atomic mass is 16.5. The van der Waals surface area contributed by atoms with Crippen molar-refractivity contribution in [3.05, 3.63) is 29.8 Å². The number of benzene rings is 1. The standard InChI is InChI=1S/C30H47N3O2/c1-5-26(34)23-31-18-20-33(21-19-31)29-9-8-25(32-16-12-27(35-4)13-17-32)22-28(29)24-10-14-30(6-2,7-3)15-11-24/h8-10,22,27H,5-7,11-21,23H2,1-4H3. The monoisotopic (exact) mass is 481 g/mol. The molecule has 0 unspecified atom stereocenters. The van der Waals surface area contributed by atoms with Gasteiger partial charge in [0.25, 0.3) is 0 Å². The van der Waals surface area contributed by atoms with Gasteiger partial charge in [-0.3, -0.25) is 9.69 Å². The molecule has 4 rings (SSSR count). The van der Waals surface area contributed by atoms with Gasteiger partial charge in [0.2, 0.25) is 0 Å². The average Bonchev–Trinajstić information content (AvgIpc) is 2.93. The number of rotatable bonds is 9. The molecule has 0 N–H and O–H groups in total. The molecule has 0 radical (unpaired) electrons. The summed E-state index contributed by atoms with van der Waals surface area (Å²) in [7, 11) is 1.84. The summed E-state index contributed by atoms with van der Waals surface area (Å²) in [6.45, 7) is 13.3. The van der Waals surface area contributed by atoms with Crippen molar-refractivity contribution in [2.75, 3.05) is 62.7 Å². The zero-order chi connectivity index (χ0) is 24.8. The smallest absolute Gasteiger partial charge is 0.146 e. The molecule has 5 nitrogen and oxygen atoms in total. The van der Waals surface area contributed by atoms with Crippen LogP contribution < -0.4 is 9.80 Å². The van der Waals surface area contributed by atoms with Crippen molar-refractivity contribution in [1.82, 2.24) is 4.90 Å². The molecule has 5 heteroatoms. The summed E-state index contributed by atoms with van der Waals surface area (Å²) in [5.74, 6) is 0.350. The summed E-state index contributed by atoms with van der Waals surface area (Å²) in [5, 5.41) is 0. The molecular weight excluding hydrogens is 434 g/mol. The number of allylic oxidation sites excluding steroid dienone is 2. The SMILES string of the molecule is CCC(=O)CN1CCN(c2ccc(N3CCC(OC)CC3)cc2C2=CCC(CC)(CC)CC2)CC1. The maximum Gasteiger partial charge on any atom is 0.146 e. The van der Waals surface area contributed by atoms with Crippen LogP contribution in [0.25, 0.3) is 5.57 Å². The highest BCUT2D eigenvalue weighted by Gasteiger charge is 2.30. The van der Waals surface area contributed by atoms with E-state index in [9.17, 15) is 4.79 Å². The minimum absolute atomic E-state index is 0.350. The zero-order valence-electron chi connectivity index (χ0n) is 22.7. The minimum Gasteiger partial charge on any atom is -0.381 e. The first-order valence-electron chi connectivity index (χ1n) is 14.1. The van der Waals surface area contributed by atoms with Gasteiger partial charge in [0.1, 0.15) is 5.78 Å². The summed E-state index contributed by atoms with van der Waals surface area (Å²) >= 11 is 0. The number of anilines is 2. The fourth-order valence-electron chi connectivity index (χ4n) is 6.19. The predicted octanol–water partition coefficient (Wildman–Crippen LogP) is 5.78. The van der Waals surface area contributed by atoms with Gasteiger partial charge in [0, 0.05) is 69.7 Å². The maximum atomic E-state index is 11.9. The first-order chi connectivity index (χ1) is 17.0. The van der Waals surface area contributed by atoms with Gasteiger partial charge < -0.3 is 14.5 Å². The highest BCUT2D eigenvalue weighted by molar-refractivity contribution is 5.81. The molecule has 1 aromatic rings. The number of hydrogen-bond donors (Lipinski definition) is 0. The van der Waals surface area contributed by atoms with Crippen LogP contribution in [0.3, 0.4) is 0 Å². The van der Waals surface area contributed by atoms with Crippen LogP contribution in [0.2, 0.25) is 0 Å². The van der Waals surface area contributed by atoms with Crippen LogP contribution in [-0.4, -0.2) is 69.7 Å². The van der Waals surface area contributed by atoms with E-state index in [0.717, 1.165) is 52.1 Å². The first-order valence-corrected chi connectivity index (χ1v) is 14.1. The van der Waals surface area contributed by atoms with Gasteiger partial charge in [-0.2, -0.15) is 0 Å².